The molecule has 4 N–H and O–H groups in total. The molecule has 0 radical (unpaired) electrons. The van der Waals surface area contributed by atoms with Crippen molar-refractivity contribution in [3.8, 4) is 0 Å². The maximum Gasteiger partial charge on any atom is 0.326 e. The van der Waals surface area contributed by atoms with Crippen molar-refractivity contribution in [2.24, 2.45) is 23.7 Å². The third-order valence-corrected chi connectivity index (χ3v) is 10.9. The Hall–Kier alpha value is -3.26. The number of nitrogens with zero attached hydrogens (tertiary/aromatic N) is 2. The molecule has 2 rings (SSSR count). The van der Waals surface area contributed by atoms with E-state index in [1.54, 1.807) is 55.1 Å². The standard InChI is InChI=1S/C39H64ClN5O8/c1-12-24(6)34(44(9)38(49)33(23(4)5)43-37(48)32(41-8)22(2)3)30(52-10)21-31(46)45-18-14-17-29(45)35(53-11)25(7)36(47)42-28(39(50)51)20-26-15-13-16-27(40)19-26/h13,15-16,19,22-25,28-30,32-35,41H,12,14,17-18,20-21H2,1-11H3,(H,42,47)(H,43,48)(H,50,51)/t24?,25?,28?,29-,30?,32?,33?,34?,35?/m0/s1. The lowest BCUT2D eigenvalue weighted by Gasteiger charge is -2.41. The summed E-state index contributed by atoms with van der Waals surface area (Å²) in [6.07, 6.45) is 0.654. The van der Waals surface area contributed by atoms with Gasteiger partial charge in [0.25, 0.3) is 0 Å². The summed E-state index contributed by atoms with van der Waals surface area (Å²) in [5.41, 5.74) is 0.669. The zero-order valence-electron chi connectivity index (χ0n) is 33.5. The number of aliphatic carboxylic acids is 1. The van der Waals surface area contributed by atoms with Gasteiger partial charge in [0.1, 0.15) is 12.1 Å². The Kier molecular flexibility index (Phi) is 18.7. The van der Waals surface area contributed by atoms with E-state index in [0.29, 0.717) is 36.4 Å². The SMILES string of the molecule is CCC(C)C(C(CC(=O)N1CCC[C@H]1C(OC)C(C)C(=O)NC(Cc1cccc(Cl)c1)C(=O)O)OC)N(C)C(=O)C(NC(=O)C(NC)C(C)C)C(C)C. The van der Waals surface area contributed by atoms with Crippen molar-refractivity contribution < 1.29 is 38.6 Å². The third kappa shape index (κ3) is 12.4. The molecular formula is C39H64ClN5O8. The molecule has 1 aliphatic heterocycles. The fourth-order valence-corrected chi connectivity index (χ4v) is 7.67. The minimum Gasteiger partial charge on any atom is -0.480 e. The molecule has 1 aromatic rings. The van der Waals surface area contributed by atoms with Crippen LogP contribution in [0.15, 0.2) is 24.3 Å². The van der Waals surface area contributed by atoms with E-state index in [2.05, 4.69) is 16.0 Å². The molecule has 0 bridgehead atoms. The van der Waals surface area contributed by atoms with Gasteiger partial charge >= 0.3 is 5.97 Å². The molecule has 53 heavy (non-hydrogen) atoms. The molecule has 0 spiro atoms. The first kappa shape index (κ1) is 45.9. The highest BCUT2D eigenvalue weighted by Gasteiger charge is 2.43. The van der Waals surface area contributed by atoms with Crippen LogP contribution in [-0.2, 0) is 39.9 Å². The minimum absolute atomic E-state index is 0.0169. The van der Waals surface area contributed by atoms with Gasteiger partial charge in [-0.1, -0.05) is 78.6 Å². The van der Waals surface area contributed by atoms with E-state index in [1.165, 1.54) is 14.2 Å². The van der Waals surface area contributed by atoms with Crippen LogP contribution in [-0.4, -0.2) is 122 Å². The van der Waals surface area contributed by atoms with Crippen molar-refractivity contribution in [2.45, 2.75) is 123 Å². The number of hydrogen-bond donors (Lipinski definition) is 4. The zero-order chi connectivity index (χ0) is 40.2. The van der Waals surface area contributed by atoms with Crippen LogP contribution in [0.2, 0.25) is 5.02 Å². The van der Waals surface area contributed by atoms with Gasteiger partial charge in [0.2, 0.25) is 23.6 Å². The van der Waals surface area contributed by atoms with Crippen LogP contribution in [0.4, 0.5) is 0 Å². The van der Waals surface area contributed by atoms with E-state index in [4.69, 9.17) is 21.1 Å². The number of likely N-dealkylation sites (N-methyl/N-ethyl adjacent to an activating group) is 2. The lowest BCUT2D eigenvalue weighted by atomic mass is 9.89. The van der Waals surface area contributed by atoms with Crippen LogP contribution in [0.5, 0.6) is 0 Å². The fourth-order valence-electron chi connectivity index (χ4n) is 7.45. The van der Waals surface area contributed by atoms with Crippen LogP contribution in [0.1, 0.15) is 79.7 Å². The quantitative estimate of drug-likeness (QED) is 0.146. The maximum atomic E-state index is 14.1. The Labute approximate surface area is 321 Å². The molecule has 0 aliphatic carbocycles. The van der Waals surface area contributed by atoms with Crippen LogP contribution < -0.4 is 16.0 Å². The average Bonchev–Trinajstić information content (AvgIpc) is 3.59. The van der Waals surface area contributed by atoms with Crippen LogP contribution in [0.25, 0.3) is 0 Å². The molecule has 0 aromatic heterocycles. The van der Waals surface area contributed by atoms with Gasteiger partial charge in [-0.15, -0.1) is 0 Å². The lowest BCUT2D eigenvalue weighted by Crippen LogP contribution is -2.59. The normalized spacial score (nSPS) is 19.1. The second-order valence-corrected chi connectivity index (χ2v) is 15.5. The van der Waals surface area contributed by atoms with Gasteiger partial charge in [-0.2, -0.15) is 0 Å². The van der Waals surface area contributed by atoms with E-state index in [9.17, 15) is 29.1 Å². The van der Waals surface area contributed by atoms with Gasteiger partial charge in [0, 0.05) is 39.3 Å². The summed E-state index contributed by atoms with van der Waals surface area (Å²) >= 11 is 6.08. The molecule has 1 fully saturated rings. The molecule has 1 aliphatic rings. The number of carbonyl (C=O) groups excluding carboxylic acids is 4. The summed E-state index contributed by atoms with van der Waals surface area (Å²) in [6.45, 7) is 13.8. The van der Waals surface area contributed by atoms with Gasteiger partial charge in [-0.25, -0.2) is 4.79 Å². The molecule has 1 saturated heterocycles. The van der Waals surface area contributed by atoms with Gasteiger partial charge in [0.15, 0.2) is 0 Å². The van der Waals surface area contributed by atoms with Crippen molar-refractivity contribution in [1.29, 1.82) is 0 Å². The number of halogens is 1. The molecular weight excluding hydrogens is 702 g/mol. The second-order valence-electron chi connectivity index (χ2n) is 15.1. The largest absolute Gasteiger partial charge is 0.480 e. The number of amides is 4. The van der Waals surface area contributed by atoms with Crippen molar-refractivity contribution in [3.05, 3.63) is 34.9 Å². The summed E-state index contributed by atoms with van der Waals surface area (Å²) in [5, 5.41) is 19.0. The van der Waals surface area contributed by atoms with Crippen molar-refractivity contribution >= 4 is 41.2 Å². The first-order valence-corrected chi connectivity index (χ1v) is 19.2. The van der Waals surface area contributed by atoms with Gasteiger partial charge in [-0.3, -0.25) is 19.2 Å². The number of nitrogens with one attached hydrogen (secondary N) is 3. The molecule has 13 nitrogen and oxygen atoms in total. The molecule has 1 aromatic carbocycles. The van der Waals surface area contributed by atoms with Gasteiger partial charge in [-0.05, 0) is 55.3 Å². The van der Waals surface area contributed by atoms with Crippen molar-refractivity contribution in [3.63, 3.8) is 0 Å². The third-order valence-electron chi connectivity index (χ3n) is 10.7. The van der Waals surface area contributed by atoms with Crippen molar-refractivity contribution in [2.75, 3.05) is 34.9 Å². The number of rotatable bonds is 21. The number of carbonyl (C=O) groups is 5. The first-order valence-electron chi connectivity index (χ1n) is 18.8. The highest BCUT2D eigenvalue weighted by atomic mass is 35.5. The Balaban J connectivity index is 2.27. The van der Waals surface area contributed by atoms with Gasteiger partial charge < -0.3 is 40.3 Å². The molecule has 4 amide bonds. The number of hydrogen-bond acceptors (Lipinski definition) is 8. The lowest BCUT2D eigenvalue weighted by molar-refractivity contribution is -0.148. The first-order chi connectivity index (χ1) is 24.9. The smallest absolute Gasteiger partial charge is 0.326 e. The molecule has 0 saturated carbocycles. The average molecular weight is 766 g/mol. The summed E-state index contributed by atoms with van der Waals surface area (Å²) in [5.74, 6) is -3.41. The number of ether oxygens (including phenoxy) is 2. The number of carboxylic acid groups (broad SMARTS) is 1. The highest BCUT2D eigenvalue weighted by molar-refractivity contribution is 6.30. The highest BCUT2D eigenvalue weighted by Crippen LogP contribution is 2.30. The molecule has 8 unspecified atom stereocenters. The topological polar surface area (TPSA) is 167 Å². The predicted molar refractivity (Wildman–Crippen MR) is 205 cm³/mol. The molecule has 300 valence electrons. The predicted octanol–water partition coefficient (Wildman–Crippen LogP) is 3.76. The van der Waals surface area contributed by atoms with E-state index in [-0.39, 0.29) is 48.3 Å². The maximum absolute atomic E-state index is 14.1. The summed E-state index contributed by atoms with van der Waals surface area (Å²) in [6, 6.07) is 3.45. The molecule has 14 heteroatoms. The zero-order valence-corrected chi connectivity index (χ0v) is 34.2. The molecule has 9 atom stereocenters. The summed E-state index contributed by atoms with van der Waals surface area (Å²) < 4.78 is 11.8. The van der Waals surface area contributed by atoms with Gasteiger partial charge in [0.05, 0.1) is 42.7 Å². The Morgan fingerprint density at radius 3 is 2.13 bits per heavy atom. The number of methoxy groups -OCH3 is 2. The molecule has 1 heterocycles. The van der Waals surface area contributed by atoms with Crippen molar-refractivity contribution in [1.82, 2.24) is 25.8 Å². The van der Waals surface area contributed by atoms with Crippen LogP contribution in [0, 0.1) is 23.7 Å². The number of benzene rings is 1. The fraction of sp³-hybridized carbons (Fsp3) is 0.718. The summed E-state index contributed by atoms with van der Waals surface area (Å²) in [7, 11) is 6.43. The Morgan fingerprint density at radius 2 is 1.62 bits per heavy atom. The van der Waals surface area contributed by atoms with E-state index < -0.39 is 60.2 Å². The minimum atomic E-state index is -1.19. The van der Waals surface area contributed by atoms with E-state index in [1.807, 2.05) is 41.5 Å². The monoisotopic (exact) mass is 765 g/mol. The number of carboxylic acids is 1. The van der Waals surface area contributed by atoms with Crippen LogP contribution in [0.3, 0.4) is 0 Å². The number of likely N-dealkylation sites (tertiary alicyclic amines) is 1. The van der Waals surface area contributed by atoms with Crippen LogP contribution >= 0.6 is 11.6 Å². The van der Waals surface area contributed by atoms with E-state index >= 15 is 0 Å². The van der Waals surface area contributed by atoms with E-state index in [0.717, 1.165) is 0 Å². The Morgan fingerprint density at radius 1 is 0.981 bits per heavy atom. The second kappa shape index (κ2) is 21.6. The Bertz CT molecular complexity index is 1380. The summed E-state index contributed by atoms with van der Waals surface area (Å²) in [4.78, 5) is 70.4.